The molecule has 0 unspecified atom stereocenters. The van der Waals surface area contributed by atoms with Crippen molar-refractivity contribution in [2.75, 3.05) is 10.0 Å². The maximum absolute atomic E-state index is 12.3. The molecule has 29 heavy (non-hydrogen) atoms. The molecule has 0 aliphatic carbocycles. The van der Waals surface area contributed by atoms with E-state index in [1.165, 1.54) is 35.7 Å². The summed E-state index contributed by atoms with van der Waals surface area (Å²) in [5, 5.41) is 7.43. The van der Waals surface area contributed by atoms with Crippen LogP contribution in [0.25, 0.3) is 6.08 Å². The van der Waals surface area contributed by atoms with Gasteiger partial charge in [0.05, 0.1) is 4.90 Å². The Morgan fingerprint density at radius 2 is 1.79 bits per heavy atom. The first kappa shape index (κ1) is 20.6. The molecule has 1 aromatic heterocycles. The van der Waals surface area contributed by atoms with E-state index in [1.54, 1.807) is 23.6 Å². The maximum Gasteiger partial charge on any atom is 0.263 e. The van der Waals surface area contributed by atoms with Crippen LogP contribution in [0.4, 0.5) is 10.8 Å². The monoisotopic (exact) mass is 444 g/mol. The number of hydrogen-bond donors (Lipinski definition) is 3. The molecule has 1 heterocycles. The molecule has 1 amide bonds. The summed E-state index contributed by atoms with van der Waals surface area (Å²) in [5.41, 5.74) is 1.43. The van der Waals surface area contributed by atoms with Crippen LogP contribution in [-0.2, 0) is 14.8 Å². The maximum atomic E-state index is 12.3. The van der Waals surface area contributed by atoms with Gasteiger partial charge in [0.25, 0.3) is 10.0 Å². The Hall–Kier alpha value is -3.08. The van der Waals surface area contributed by atoms with Crippen LogP contribution in [0.3, 0.4) is 0 Å². The minimum atomic E-state index is -3.72. The number of amides is 1. The molecule has 0 bridgehead atoms. The van der Waals surface area contributed by atoms with Crippen LogP contribution in [0.5, 0.6) is 0 Å². The van der Waals surface area contributed by atoms with Gasteiger partial charge in [-0.3, -0.25) is 14.8 Å². The van der Waals surface area contributed by atoms with E-state index in [1.807, 2.05) is 30.3 Å². The number of thiazole rings is 1. The van der Waals surface area contributed by atoms with Gasteiger partial charge in [-0.1, -0.05) is 30.3 Å². The van der Waals surface area contributed by atoms with Gasteiger partial charge in [-0.25, -0.2) is 13.4 Å². The molecule has 0 aliphatic heterocycles. The first-order chi connectivity index (χ1) is 13.9. The minimum absolute atomic E-state index is 0.0824. The molecule has 0 spiro atoms. The number of nitrogens with zero attached hydrogens (tertiary/aromatic N) is 1. The number of benzene rings is 2. The number of nitrogens with one attached hydrogen (secondary N) is 3. The number of anilines is 2. The zero-order valence-electron chi connectivity index (χ0n) is 14.9. The second-order valence-corrected chi connectivity index (χ2v) is 8.64. The molecule has 10 heteroatoms. The van der Waals surface area contributed by atoms with Crippen molar-refractivity contribution in [3.05, 3.63) is 77.8 Å². The van der Waals surface area contributed by atoms with Crippen LogP contribution in [0, 0.1) is 0 Å². The molecule has 0 radical (unpaired) electrons. The topological polar surface area (TPSA) is 100 Å². The summed E-state index contributed by atoms with van der Waals surface area (Å²) in [7, 11) is -3.72. The molecule has 0 saturated heterocycles. The first-order valence-corrected chi connectivity index (χ1v) is 11.1. The van der Waals surface area contributed by atoms with Crippen LogP contribution >= 0.6 is 23.6 Å². The highest BCUT2D eigenvalue weighted by Crippen LogP contribution is 2.19. The van der Waals surface area contributed by atoms with Gasteiger partial charge in [0.15, 0.2) is 10.2 Å². The van der Waals surface area contributed by atoms with Crippen molar-refractivity contribution in [1.82, 2.24) is 10.3 Å². The molecule has 0 saturated carbocycles. The average molecular weight is 445 g/mol. The lowest BCUT2D eigenvalue weighted by Crippen LogP contribution is -2.32. The third-order valence-electron chi connectivity index (χ3n) is 3.54. The van der Waals surface area contributed by atoms with E-state index in [-0.39, 0.29) is 15.9 Å². The molecule has 0 aliphatic rings. The molecule has 3 aromatic rings. The van der Waals surface area contributed by atoms with E-state index in [2.05, 4.69) is 20.3 Å². The fraction of sp³-hybridized carbons (Fsp3) is 0. The Morgan fingerprint density at radius 1 is 1.07 bits per heavy atom. The van der Waals surface area contributed by atoms with Gasteiger partial charge in [0.2, 0.25) is 5.91 Å². The predicted molar refractivity (Wildman–Crippen MR) is 119 cm³/mol. The van der Waals surface area contributed by atoms with E-state index >= 15 is 0 Å². The fourth-order valence-corrected chi connectivity index (χ4v) is 4.22. The number of hydrogen-bond acceptors (Lipinski definition) is 6. The van der Waals surface area contributed by atoms with Crippen molar-refractivity contribution >= 4 is 61.5 Å². The van der Waals surface area contributed by atoms with Gasteiger partial charge in [-0.05, 0) is 48.1 Å². The van der Waals surface area contributed by atoms with Crippen molar-refractivity contribution in [3.8, 4) is 0 Å². The number of rotatable bonds is 6. The van der Waals surface area contributed by atoms with E-state index in [0.29, 0.717) is 10.8 Å². The Morgan fingerprint density at radius 3 is 2.45 bits per heavy atom. The molecule has 7 nitrogen and oxygen atoms in total. The Balaban J connectivity index is 1.55. The van der Waals surface area contributed by atoms with Crippen molar-refractivity contribution in [2.45, 2.75) is 4.90 Å². The van der Waals surface area contributed by atoms with Gasteiger partial charge < -0.3 is 5.32 Å². The molecule has 148 valence electrons. The molecule has 3 rings (SSSR count). The largest absolute Gasteiger partial charge is 0.332 e. The summed E-state index contributed by atoms with van der Waals surface area (Å²) in [6.45, 7) is 0. The van der Waals surface area contributed by atoms with Gasteiger partial charge >= 0.3 is 0 Å². The number of sulfonamides is 1. The standard InChI is InChI=1S/C19H16N4O3S3/c24-17(11-6-14-4-2-1-3-5-14)22-18(27)21-15-7-9-16(10-8-15)29(25,26)23-19-20-12-13-28-19/h1-13H,(H,20,23)(H2,21,22,24,27)/b11-6+. The summed E-state index contributed by atoms with van der Waals surface area (Å²) in [5.74, 6) is -0.377. The highest BCUT2D eigenvalue weighted by atomic mass is 32.2. The number of carbonyl (C=O) groups is 1. The lowest BCUT2D eigenvalue weighted by atomic mass is 10.2. The quantitative estimate of drug-likeness (QED) is 0.398. The average Bonchev–Trinajstić information content (AvgIpc) is 3.20. The van der Waals surface area contributed by atoms with Crippen molar-refractivity contribution in [3.63, 3.8) is 0 Å². The zero-order chi connectivity index (χ0) is 20.7. The van der Waals surface area contributed by atoms with E-state index in [9.17, 15) is 13.2 Å². The summed E-state index contributed by atoms with van der Waals surface area (Å²) >= 11 is 6.30. The summed E-state index contributed by atoms with van der Waals surface area (Å²) < 4.78 is 27.0. The SMILES string of the molecule is O=C(/C=C/c1ccccc1)NC(=S)Nc1ccc(S(=O)(=O)Nc2nccs2)cc1. The second-order valence-electron chi connectivity index (χ2n) is 5.65. The molecule has 0 atom stereocenters. The fourth-order valence-electron chi connectivity index (χ4n) is 2.22. The Kier molecular flexibility index (Phi) is 6.70. The van der Waals surface area contributed by atoms with E-state index < -0.39 is 10.0 Å². The van der Waals surface area contributed by atoms with Crippen LogP contribution in [0.15, 0.2) is 77.1 Å². The number of thiocarbonyl (C=S) groups is 1. The first-order valence-electron chi connectivity index (χ1n) is 8.30. The van der Waals surface area contributed by atoms with E-state index in [0.717, 1.165) is 5.56 Å². The molecule has 2 aromatic carbocycles. The van der Waals surface area contributed by atoms with Gasteiger partial charge in [-0.15, -0.1) is 11.3 Å². The van der Waals surface area contributed by atoms with Gasteiger partial charge in [0, 0.05) is 23.3 Å². The van der Waals surface area contributed by atoms with Gasteiger partial charge in [0.1, 0.15) is 0 Å². The molecular formula is C19H16N4O3S3. The molecule has 3 N–H and O–H groups in total. The number of carbonyl (C=O) groups excluding carboxylic acids is 1. The lowest BCUT2D eigenvalue weighted by molar-refractivity contribution is -0.115. The Labute approximate surface area is 177 Å². The highest BCUT2D eigenvalue weighted by Gasteiger charge is 2.15. The normalized spacial score (nSPS) is 11.2. The van der Waals surface area contributed by atoms with Crippen LogP contribution in [-0.4, -0.2) is 24.4 Å². The van der Waals surface area contributed by atoms with Gasteiger partial charge in [-0.2, -0.15) is 0 Å². The third kappa shape index (κ3) is 6.21. The lowest BCUT2D eigenvalue weighted by Gasteiger charge is -2.09. The van der Waals surface area contributed by atoms with Crippen LogP contribution in [0.2, 0.25) is 0 Å². The predicted octanol–water partition coefficient (Wildman–Crippen LogP) is 3.47. The van der Waals surface area contributed by atoms with Crippen LogP contribution < -0.4 is 15.4 Å². The number of aromatic nitrogens is 1. The Bertz CT molecular complexity index is 1110. The summed E-state index contributed by atoms with van der Waals surface area (Å²) in [6.07, 6.45) is 4.57. The third-order valence-corrected chi connectivity index (χ3v) is 5.92. The second kappa shape index (κ2) is 9.41. The smallest absolute Gasteiger partial charge is 0.263 e. The van der Waals surface area contributed by atoms with Crippen molar-refractivity contribution in [1.29, 1.82) is 0 Å². The van der Waals surface area contributed by atoms with Crippen LogP contribution in [0.1, 0.15) is 5.56 Å². The molecular weight excluding hydrogens is 428 g/mol. The van der Waals surface area contributed by atoms with Crippen molar-refractivity contribution in [2.24, 2.45) is 0 Å². The summed E-state index contributed by atoms with van der Waals surface area (Å²) in [6, 6.07) is 15.3. The summed E-state index contributed by atoms with van der Waals surface area (Å²) in [4.78, 5) is 15.9. The minimum Gasteiger partial charge on any atom is -0.332 e. The molecule has 0 fully saturated rings. The highest BCUT2D eigenvalue weighted by molar-refractivity contribution is 7.93. The van der Waals surface area contributed by atoms with E-state index in [4.69, 9.17) is 12.2 Å². The zero-order valence-corrected chi connectivity index (χ0v) is 17.4. The van der Waals surface area contributed by atoms with Crippen molar-refractivity contribution < 1.29 is 13.2 Å².